The Morgan fingerprint density at radius 2 is 1.97 bits per heavy atom. The van der Waals surface area contributed by atoms with Crippen LogP contribution in [-0.2, 0) is 0 Å². The summed E-state index contributed by atoms with van der Waals surface area (Å²) in [6.07, 6.45) is 11.0. The highest BCUT2D eigenvalue weighted by molar-refractivity contribution is 7.80. The Morgan fingerprint density at radius 1 is 1.10 bits per heavy atom. The number of H-pyrrole nitrogens is 1. The van der Waals surface area contributed by atoms with Gasteiger partial charge in [-0.25, -0.2) is 9.97 Å². The zero-order valence-electron chi connectivity index (χ0n) is 16.6. The van der Waals surface area contributed by atoms with Crippen LogP contribution in [0.1, 0.15) is 38.5 Å². The SMILES string of the molecule is S=C(Nc1ccccc1)C1CCCCCN(c2ncnc3[nH]ccc23)CC12CC2. The Hall–Kier alpha value is -2.47. The Morgan fingerprint density at radius 3 is 2.79 bits per heavy atom. The summed E-state index contributed by atoms with van der Waals surface area (Å²) in [6.45, 7) is 2.07. The van der Waals surface area contributed by atoms with E-state index in [1.807, 2.05) is 12.3 Å². The number of benzene rings is 1. The fourth-order valence-corrected chi connectivity index (χ4v) is 5.31. The van der Waals surface area contributed by atoms with Gasteiger partial charge in [0.15, 0.2) is 0 Å². The first kappa shape index (κ1) is 18.6. The summed E-state index contributed by atoms with van der Waals surface area (Å²) >= 11 is 5.95. The second kappa shape index (κ2) is 7.75. The number of hydrogen-bond donors (Lipinski definition) is 2. The molecule has 1 saturated heterocycles. The van der Waals surface area contributed by atoms with Crippen molar-refractivity contribution in [2.24, 2.45) is 11.3 Å². The molecular formula is C23H27N5S. The van der Waals surface area contributed by atoms with Crippen molar-refractivity contribution < 1.29 is 0 Å². The van der Waals surface area contributed by atoms with Gasteiger partial charge in [0.25, 0.3) is 0 Å². The molecule has 1 atom stereocenters. The van der Waals surface area contributed by atoms with Gasteiger partial charge in [-0.05, 0) is 49.3 Å². The third-order valence-corrected chi connectivity index (χ3v) is 6.93. The van der Waals surface area contributed by atoms with Crippen LogP contribution in [0.4, 0.5) is 11.5 Å². The molecule has 2 aliphatic rings. The van der Waals surface area contributed by atoms with E-state index in [0.29, 0.717) is 5.92 Å². The number of nitrogens with one attached hydrogen (secondary N) is 2. The average Bonchev–Trinajstić information content (AvgIpc) is 3.31. The molecule has 1 spiro atoms. The summed E-state index contributed by atoms with van der Waals surface area (Å²) in [5, 5.41) is 4.65. The van der Waals surface area contributed by atoms with Gasteiger partial charge in [0.05, 0.1) is 10.4 Å². The number of hydrogen-bond acceptors (Lipinski definition) is 4. The molecule has 2 aromatic heterocycles. The Balaban J connectivity index is 1.42. The van der Waals surface area contributed by atoms with Crippen LogP contribution >= 0.6 is 12.2 Å². The number of aromatic nitrogens is 3. The van der Waals surface area contributed by atoms with Crippen molar-refractivity contribution in [3.63, 3.8) is 0 Å². The highest BCUT2D eigenvalue weighted by Crippen LogP contribution is 2.55. The lowest BCUT2D eigenvalue weighted by Gasteiger charge is -2.33. The molecule has 1 saturated carbocycles. The maximum atomic E-state index is 5.95. The molecule has 1 aliphatic heterocycles. The van der Waals surface area contributed by atoms with Crippen LogP contribution in [0.2, 0.25) is 0 Å². The van der Waals surface area contributed by atoms with Crippen molar-refractivity contribution >= 4 is 39.7 Å². The second-order valence-electron chi connectivity index (χ2n) is 8.48. The molecule has 1 aliphatic carbocycles. The van der Waals surface area contributed by atoms with Crippen molar-refractivity contribution in [2.75, 3.05) is 23.3 Å². The summed E-state index contributed by atoms with van der Waals surface area (Å²) in [5.74, 6) is 1.48. The van der Waals surface area contributed by atoms with Gasteiger partial charge in [-0.1, -0.05) is 43.3 Å². The minimum absolute atomic E-state index is 0.261. The number of thiocarbonyl (C=S) groups is 1. The summed E-state index contributed by atoms with van der Waals surface area (Å²) in [4.78, 5) is 15.8. The predicted octanol–water partition coefficient (Wildman–Crippen LogP) is 5.17. The van der Waals surface area contributed by atoms with Crippen molar-refractivity contribution in [1.29, 1.82) is 0 Å². The van der Waals surface area contributed by atoms with E-state index >= 15 is 0 Å². The first-order valence-corrected chi connectivity index (χ1v) is 11.0. The first-order chi connectivity index (χ1) is 14.3. The molecule has 5 rings (SSSR count). The molecule has 3 heterocycles. The lowest BCUT2D eigenvalue weighted by molar-refractivity contribution is 0.375. The smallest absolute Gasteiger partial charge is 0.142 e. The number of fused-ring (bicyclic) bond motifs is 1. The van der Waals surface area contributed by atoms with Crippen LogP contribution in [0.15, 0.2) is 48.9 Å². The van der Waals surface area contributed by atoms with Gasteiger partial charge in [-0.3, -0.25) is 0 Å². The van der Waals surface area contributed by atoms with Crippen molar-refractivity contribution in [3.8, 4) is 0 Å². The van der Waals surface area contributed by atoms with E-state index in [-0.39, 0.29) is 5.41 Å². The number of nitrogens with zero attached hydrogens (tertiary/aromatic N) is 3. The summed E-state index contributed by atoms with van der Waals surface area (Å²) in [7, 11) is 0. The molecule has 2 N–H and O–H groups in total. The third kappa shape index (κ3) is 3.73. The normalized spacial score (nSPS) is 21.4. The topological polar surface area (TPSA) is 56.8 Å². The van der Waals surface area contributed by atoms with Gasteiger partial charge in [-0.15, -0.1) is 0 Å². The zero-order chi connectivity index (χ0) is 19.7. The Labute approximate surface area is 176 Å². The van der Waals surface area contributed by atoms with E-state index in [0.717, 1.165) is 40.6 Å². The molecule has 1 aromatic carbocycles. The summed E-state index contributed by atoms with van der Waals surface area (Å²) in [6, 6.07) is 12.4. The number of rotatable bonds is 3. The zero-order valence-corrected chi connectivity index (χ0v) is 17.4. The standard InChI is InChI=1S/C23H27N5S/c29-22(27-17-7-3-1-4-8-17)19-9-5-2-6-14-28(15-23(19)11-12-23)21-18-10-13-24-20(18)25-16-26-21/h1,3-4,7-8,10,13,16,19H,2,5-6,9,11-12,14-15H2,(H,27,29)(H,24,25,26). The predicted molar refractivity (Wildman–Crippen MR) is 122 cm³/mol. The van der Waals surface area contributed by atoms with E-state index < -0.39 is 0 Å². The van der Waals surface area contributed by atoms with Gasteiger partial charge in [0.2, 0.25) is 0 Å². The van der Waals surface area contributed by atoms with E-state index in [4.69, 9.17) is 12.2 Å². The highest BCUT2D eigenvalue weighted by atomic mass is 32.1. The van der Waals surface area contributed by atoms with Crippen LogP contribution in [0.3, 0.4) is 0 Å². The molecule has 29 heavy (non-hydrogen) atoms. The summed E-state index contributed by atoms with van der Waals surface area (Å²) in [5.41, 5.74) is 2.27. The Kier molecular flexibility index (Phi) is 4.96. The fourth-order valence-electron chi connectivity index (χ4n) is 4.82. The lowest BCUT2D eigenvalue weighted by Crippen LogP contribution is -2.39. The molecule has 6 heteroatoms. The molecule has 150 valence electrons. The number of anilines is 2. The van der Waals surface area contributed by atoms with Crippen molar-refractivity contribution in [1.82, 2.24) is 15.0 Å². The third-order valence-electron chi connectivity index (χ3n) is 6.55. The minimum Gasteiger partial charge on any atom is -0.355 e. The molecule has 3 aromatic rings. The Bertz CT molecular complexity index is 995. The minimum atomic E-state index is 0.261. The first-order valence-electron chi connectivity index (χ1n) is 10.6. The van der Waals surface area contributed by atoms with Crippen LogP contribution < -0.4 is 10.2 Å². The van der Waals surface area contributed by atoms with E-state index in [1.165, 1.54) is 38.5 Å². The van der Waals surface area contributed by atoms with Crippen molar-refractivity contribution in [3.05, 3.63) is 48.9 Å². The number of para-hydroxylation sites is 1. The highest BCUT2D eigenvalue weighted by Gasteiger charge is 2.51. The second-order valence-corrected chi connectivity index (χ2v) is 8.92. The largest absolute Gasteiger partial charge is 0.355 e. The molecule has 1 unspecified atom stereocenters. The quantitative estimate of drug-likeness (QED) is 0.589. The molecule has 2 fully saturated rings. The van der Waals surface area contributed by atoms with Gasteiger partial charge >= 0.3 is 0 Å². The fraction of sp³-hybridized carbons (Fsp3) is 0.435. The number of aromatic amines is 1. The van der Waals surface area contributed by atoms with Crippen LogP contribution in [0.5, 0.6) is 0 Å². The maximum absolute atomic E-state index is 5.95. The average molecular weight is 406 g/mol. The van der Waals surface area contributed by atoms with Crippen molar-refractivity contribution in [2.45, 2.75) is 38.5 Å². The van der Waals surface area contributed by atoms with E-state index in [2.05, 4.69) is 55.5 Å². The van der Waals surface area contributed by atoms with Crippen LogP contribution in [-0.4, -0.2) is 33.0 Å². The van der Waals surface area contributed by atoms with Gasteiger partial charge in [0, 0.05) is 30.9 Å². The maximum Gasteiger partial charge on any atom is 0.142 e. The van der Waals surface area contributed by atoms with Crippen LogP contribution in [0, 0.1) is 11.3 Å². The molecule has 0 radical (unpaired) electrons. The van der Waals surface area contributed by atoms with Gasteiger partial charge in [-0.2, -0.15) is 0 Å². The van der Waals surface area contributed by atoms with Gasteiger partial charge < -0.3 is 15.2 Å². The van der Waals surface area contributed by atoms with E-state index in [1.54, 1.807) is 6.33 Å². The molecule has 0 bridgehead atoms. The van der Waals surface area contributed by atoms with Gasteiger partial charge in [0.1, 0.15) is 17.8 Å². The lowest BCUT2D eigenvalue weighted by atomic mass is 9.84. The molecule has 0 amide bonds. The molecule has 5 nitrogen and oxygen atoms in total. The van der Waals surface area contributed by atoms with Crippen LogP contribution in [0.25, 0.3) is 11.0 Å². The summed E-state index contributed by atoms with van der Waals surface area (Å²) < 4.78 is 0. The molecular weight excluding hydrogens is 378 g/mol. The monoisotopic (exact) mass is 405 g/mol. The van der Waals surface area contributed by atoms with E-state index in [9.17, 15) is 0 Å².